The van der Waals surface area contributed by atoms with Crippen molar-refractivity contribution < 1.29 is 16.8 Å². The number of aryl methyl sites for hydroxylation is 1. The van der Waals surface area contributed by atoms with Gasteiger partial charge < -0.3 is 5.32 Å². The number of rotatable bonds is 5. The van der Waals surface area contributed by atoms with Crippen molar-refractivity contribution in [1.29, 1.82) is 0 Å². The molecule has 0 bridgehead atoms. The average molecular weight is 372 g/mol. The lowest BCUT2D eigenvalue weighted by atomic mass is 10.2. The molecule has 7 heteroatoms. The molecule has 0 unspecified atom stereocenters. The molecule has 3 rings (SSSR count). The predicted octanol–water partition coefficient (Wildman–Crippen LogP) is 1.72. The van der Waals surface area contributed by atoms with E-state index >= 15 is 0 Å². The van der Waals surface area contributed by atoms with Crippen LogP contribution in [0, 0.1) is 0 Å². The van der Waals surface area contributed by atoms with Crippen LogP contribution in [-0.2, 0) is 26.1 Å². The summed E-state index contributed by atoms with van der Waals surface area (Å²) in [6.07, 6.45) is 5.06. The molecule has 134 valence electrons. The van der Waals surface area contributed by atoms with Gasteiger partial charge in [0.1, 0.15) is 0 Å². The minimum absolute atomic E-state index is 0.0829. The molecule has 0 spiro atoms. The minimum Gasteiger partial charge on any atom is -0.309 e. The summed E-state index contributed by atoms with van der Waals surface area (Å²) in [4.78, 5) is 0.222. The fourth-order valence-corrected chi connectivity index (χ4v) is 8.44. The Balaban J connectivity index is 1.87. The molecule has 1 aromatic carbocycles. The van der Waals surface area contributed by atoms with E-state index in [4.69, 9.17) is 0 Å². The first-order valence-electron chi connectivity index (χ1n) is 8.61. The van der Waals surface area contributed by atoms with Crippen LogP contribution in [0.15, 0.2) is 29.2 Å². The van der Waals surface area contributed by atoms with Gasteiger partial charge in [-0.2, -0.15) is 0 Å². The Hall–Kier alpha value is -0.920. The number of hydrogen-bond donors (Lipinski definition) is 1. The van der Waals surface area contributed by atoms with E-state index in [0.717, 1.165) is 37.7 Å². The van der Waals surface area contributed by atoms with E-state index in [-0.39, 0.29) is 22.4 Å². The molecule has 2 atom stereocenters. The van der Waals surface area contributed by atoms with Gasteiger partial charge in [-0.25, -0.2) is 16.8 Å². The highest BCUT2D eigenvalue weighted by Crippen LogP contribution is 2.28. The average Bonchev–Trinajstić information content (AvgIpc) is 3.15. The quantitative estimate of drug-likeness (QED) is 0.852. The van der Waals surface area contributed by atoms with Crippen LogP contribution in [0.5, 0.6) is 0 Å². The van der Waals surface area contributed by atoms with Crippen LogP contribution in [0.25, 0.3) is 0 Å². The molecule has 1 saturated heterocycles. The van der Waals surface area contributed by atoms with Gasteiger partial charge in [0.15, 0.2) is 19.7 Å². The third-order valence-corrected chi connectivity index (χ3v) is 9.33. The Kier molecular flexibility index (Phi) is 5.04. The van der Waals surface area contributed by atoms with Gasteiger partial charge >= 0.3 is 0 Å². The molecule has 5 nitrogen and oxygen atoms in total. The molecule has 1 aromatic rings. The van der Waals surface area contributed by atoms with Crippen molar-refractivity contribution >= 4 is 19.7 Å². The van der Waals surface area contributed by atoms with Crippen LogP contribution < -0.4 is 5.32 Å². The molecule has 1 heterocycles. The third kappa shape index (κ3) is 3.68. The van der Waals surface area contributed by atoms with Crippen molar-refractivity contribution in [2.75, 3.05) is 11.5 Å². The monoisotopic (exact) mass is 371 g/mol. The summed E-state index contributed by atoms with van der Waals surface area (Å²) in [5.41, 5.74) is 1.06. The van der Waals surface area contributed by atoms with Gasteiger partial charge in [0.25, 0.3) is 0 Å². The summed E-state index contributed by atoms with van der Waals surface area (Å²) in [5.74, 6) is -0.365. The summed E-state index contributed by atoms with van der Waals surface area (Å²) >= 11 is 0. The maximum absolute atomic E-state index is 13.0. The zero-order chi connectivity index (χ0) is 17.4. The molecule has 0 radical (unpaired) electrons. The Morgan fingerprint density at radius 1 is 1.08 bits per heavy atom. The van der Waals surface area contributed by atoms with E-state index in [2.05, 4.69) is 5.32 Å². The largest absolute Gasteiger partial charge is 0.309 e. The van der Waals surface area contributed by atoms with E-state index in [0.29, 0.717) is 0 Å². The number of hydrogen-bond acceptors (Lipinski definition) is 5. The molecule has 0 aromatic heterocycles. The second-order valence-electron chi connectivity index (χ2n) is 6.91. The number of benzene rings is 1. The first-order valence-corrected chi connectivity index (χ1v) is 12.0. The van der Waals surface area contributed by atoms with Crippen molar-refractivity contribution in [3.8, 4) is 0 Å². The van der Waals surface area contributed by atoms with E-state index in [1.165, 1.54) is 0 Å². The molecular weight excluding hydrogens is 346 g/mol. The van der Waals surface area contributed by atoms with Crippen LogP contribution in [-0.4, -0.2) is 45.7 Å². The van der Waals surface area contributed by atoms with Crippen molar-refractivity contribution in [2.24, 2.45) is 0 Å². The fraction of sp³-hybridized carbons (Fsp3) is 0.647. The van der Waals surface area contributed by atoms with Gasteiger partial charge in [0.2, 0.25) is 0 Å². The van der Waals surface area contributed by atoms with Crippen molar-refractivity contribution in [3.05, 3.63) is 29.8 Å². The fourth-order valence-electron chi connectivity index (χ4n) is 3.76. The maximum atomic E-state index is 13.0. The van der Waals surface area contributed by atoms with Gasteiger partial charge in [-0.1, -0.05) is 31.9 Å². The number of nitrogens with one attached hydrogen (secondary N) is 1. The normalized spacial score (nSPS) is 27.5. The standard InChI is InChI=1S/C17H25NO4S2/c1-2-13-7-9-15(10-8-13)24(21,22)17-12-23(19,20)11-16(17)18-14-5-3-4-6-14/h7-10,14,16-18H,2-6,11-12H2,1H3/t16-,17-/m0/s1. The van der Waals surface area contributed by atoms with E-state index in [1.54, 1.807) is 24.3 Å². The van der Waals surface area contributed by atoms with Crippen LogP contribution in [0.1, 0.15) is 38.2 Å². The summed E-state index contributed by atoms with van der Waals surface area (Å²) in [6, 6.07) is 6.54. The van der Waals surface area contributed by atoms with Gasteiger partial charge in [-0.15, -0.1) is 0 Å². The molecule has 1 aliphatic heterocycles. The van der Waals surface area contributed by atoms with Crippen LogP contribution in [0.4, 0.5) is 0 Å². The van der Waals surface area contributed by atoms with E-state index in [9.17, 15) is 16.8 Å². The summed E-state index contributed by atoms with van der Waals surface area (Å²) in [6.45, 7) is 2.01. The highest BCUT2D eigenvalue weighted by molar-refractivity contribution is 7.96. The Bertz CT molecular complexity index is 778. The van der Waals surface area contributed by atoms with Crippen LogP contribution >= 0.6 is 0 Å². The van der Waals surface area contributed by atoms with Gasteiger partial charge in [0, 0.05) is 12.1 Å². The molecule has 1 saturated carbocycles. The van der Waals surface area contributed by atoms with Crippen molar-refractivity contribution in [2.45, 2.75) is 61.3 Å². The Morgan fingerprint density at radius 2 is 1.71 bits per heavy atom. The SMILES string of the molecule is CCc1ccc(S(=O)(=O)[C@H]2CS(=O)(=O)C[C@@H]2NC2CCCC2)cc1. The molecule has 24 heavy (non-hydrogen) atoms. The van der Waals surface area contributed by atoms with E-state index in [1.807, 2.05) is 6.92 Å². The first kappa shape index (κ1) is 17.9. The Labute approximate surface area is 144 Å². The molecule has 1 N–H and O–H groups in total. The lowest BCUT2D eigenvalue weighted by Gasteiger charge is -2.23. The zero-order valence-electron chi connectivity index (χ0n) is 13.9. The van der Waals surface area contributed by atoms with Gasteiger partial charge in [-0.05, 0) is 37.0 Å². The van der Waals surface area contributed by atoms with E-state index < -0.39 is 31.0 Å². The van der Waals surface area contributed by atoms with Crippen LogP contribution in [0.2, 0.25) is 0 Å². The highest BCUT2D eigenvalue weighted by atomic mass is 32.2. The topological polar surface area (TPSA) is 80.3 Å². The molecule has 2 aliphatic rings. The van der Waals surface area contributed by atoms with Crippen LogP contribution in [0.3, 0.4) is 0 Å². The zero-order valence-corrected chi connectivity index (χ0v) is 15.6. The Morgan fingerprint density at radius 3 is 2.29 bits per heavy atom. The second kappa shape index (κ2) is 6.77. The molecular formula is C17H25NO4S2. The molecule has 1 aliphatic carbocycles. The summed E-state index contributed by atoms with van der Waals surface area (Å²) in [7, 11) is -7.00. The van der Waals surface area contributed by atoms with Crippen molar-refractivity contribution in [3.63, 3.8) is 0 Å². The third-order valence-electron chi connectivity index (χ3n) is 5.16. The van der Waals surface area contributed by atoms with Crippen molar-refractivity contribution in [1.82, 2.24) is 5.32 Å². The smallest absolute Gasteiger partial charge is 0.183 e. The molecule has 2 fully saturated rings. The highest BCUT2D eigenvalue weighted by Gasteiger charge is 2.46. The van der Waals surface area contributed by atoms with Gasteiger partial charge in [0.05, 0.1) is 21.7 Å². The summed E-state index contributed by atoms with van der Waals surface area (Å²) in [5, 5.41) is 2.43. The maximum Gasteiger partial charge on any atom is 0.183 e. The molecule has 0 amide bonds. The minimum atomic E-state index is -3.67. The lowest BCUT2D eigenvalue weighted by Crippen LogP contribution is -2.47. The predicted molar refractivity (Wildman–Crippen MR) is 94.6 cm³/mol. The first-order chi connectivity index (χ1) is 11.3. The van der Waals surface area contributed by atoms with Gasteiger partial charge in [-0.3, -0.25) is 0 Å². The second-order valence-corrected chi connectivity index (χ2v) is 11.2. The lowest BCUT2D eigenvalue weighted by molar-refractivity contribution is 0.449. The number of sulfone groups is 2. The summed E-state index contributed by atoms with van der Waals surface area (Å²) < 4.78 is 50.2.